The van der Waals surface area contributed by atoms with Gasteiger partial charge in [0.15, 0.2) is 0 Å². The van der Waals surface area contributed by atoms with Crippen LogP contribution >= 0.6 is 0 Å². The van der Waals surface area contributed by atoms with Crippen molar-refractivity contribution in [1.82, 2.24) is 9.55 Å². The van der Waals surface area contributed by atoms with Gasteiger partial charge in [-0.2, -0.15) is 0 Å². The van der Waals surface area contributed by atoms with Gasteiger partial charge in [0.25, 0.3) is 0 Å². The molecule has 18 heavy (non-hydrogen) atoms. The largest absolute Gasteiger partial charge is 0.486 e. The summed E-state index contributed by atoms with van der Waals surface area (Å²) in [6.07, 6.45) is 2.83. The van der Waals surface area contributed by atoms with E-state index in [0.29, 0.717) is 13.2 Å². The van der Waals surface area contributed by atoms with Crippen LogP contribution in [0.15, 0.2) is 30.5 Å². The zero-order valence-corrected chi connectivity index (χ0v) is 10.9. The van der Waals surface area contributed by atoms with Crippen molar-refractivity contribution < 1.29 is 4.74 Å². The predicted octanol–water partition coefficient (Wildman–Crippen LogP) is 2.02. The number of nitrogens with zero attached hydrogens (tertiary/aromatic N) is 2. The molecular formula is C14H19N3O. The molecule has 2 rings (SSSR count). The highest BCUT2D eigenvalue weighted by Crippen LogP contribution is 2.14. The Bertz CT molecular complexity index is 502. The fourth-order valence-corrected chi connectivity index (χ4v) is 1.78. The van der Waals surface area contributed by atoms with Crippen LogP contribution < -0.4 is 10.5 Å². The highest BCUT2D eigenvalue weighted by Gasteiger charge is 2.05. The SMILES string of the molecule is CCc1ccc(OCc2ncc(CN)n2C)cc1. The lowest BCUT2D eigenvalue weighted by atomic mass is 10.2. The molecule has 0 atom stereocenters. The van der Waals surface area contributed by atoms with Gasteiger partial charge in [-0.05, 0) is 24.1 Å². The first kappa shape index (κ1) is 12.6. The molecule has 4 nitrogen and oxygen atoms in total. The predicted molar refractivity (Wildman–Crippen MR) is 71.3 cm³/mol. The molecule has 0 saturated heterocycles. The van der Waals surface area contributed by atoms with Crippen molar-refractivity contribution in [2.75, 3.05) is 0 Å². The summed E-state index contributed by atoms with van der Waals surface area (Å²) in [6, 6.07) is 8.15. The molecule has 2 N–H and O–H groups in total. The van der Waals surface area contributed by atoms with Gasteiger partial charge < -0.3 is 15.0 Å². The van der Waals surface area contributed by atoms with Gasteiger partial charge in [-0.25, -0.2) is 4.98 Å². The average molecular weight is 245 g/mol. The van der Waals surface area contributed by atoms with E-state index in [-0.39, 0.29) is 0 Å². The maximum atomic E-state index is 5.71. The molecule has 1 aromatic carbocycles. The number of nitrogens with two attached hydrogens (primary N) is 1. The fraction of sp³-hybridized carbons (Fsp3) is 0.357. The lowest BCUT2D eigenvalue weighted by Gasteiger charge is -2.07. The summed E-state index contributed by atoms with van der Waals surface area (Å²) in [6.45, 7) is 3.09. The van der Waals surface area contributed by atoms with Crippen LogP contribution in [-0.2, 0) is 26.6 Å². The lowest BCUT2D eigenvalue weighted by molar-refractivity contribution is 0.291. The molecule has 0 unspecified atom stereocenters. The Kier molecular flexibility index (Phi) is 3.99. The summed E-state index contributed by atoms with van der Waals surface area (Å²) in [5.41, 5.74) is 7.92. The number of rotatable bonds is 5. The van der Waals surface area contributed by atoms with Crippen LogP contribution in [0.1, 0.15) is 24.0 Å². The van der Waals surface area contributed by atoms with Gasteiger partial charge in [-0.3, -0.25) is 0 Å². The van der Waals surface area contributed by atoms with Crippen molar-refractivity contribution in [2.45, 2.75) is 26.5 Å². The molecule has 96 valence electrons. The third-order valence-corrected chi connectivity index (χ3v) is 3.09. The first-order chi connectivity index (χ1) is 8.74. The Morgan fingerprint density at radius 2 is 2.00 bits per heavy atom. The first-order valence-electron chi connectivity index (χ1n) is 6.16. The van der Waals surface area contributed by atoms with Gasteiger partial charge in [0.2, 0.25) is 0 Å². The monoisotopic (exact) mass is 245 g/mol. The highest BCUT2D eigenvalue weighted by molar-refractivity contribution is 5.27. The van der Waals surface area contributed by atoms with Gasteiger partial charge in [-0.15, -0.1) is 0 Å². The van der Waals surface area contributed by atoms with E-state index in [2.05, 4.69) is 24.0 Å². The Balaban J connectivity index is 1.99. The van der Waals surface area contributed by atoms with E-state index in [1.165, 1.54) is 5.56 Å². The molecule has 1 aromatic heterocycles. The Hall–Kier alpha value is -1.81. The number of ether oxygens (including phenoxy) is 1. The van der Waals surface area contributed by atoms with Crippen LogP contribution in [-0.4, -0.2) is 9.55 Å². The number of imidazole rings is 1. The number of hydrogen-bond donors (Lipinski definition) is 1. The van der Waals surface area contributed by atoms with Crippen LogP contribution in [0.2, 0.25) is 0 Å². The molecule has 0 spiro atoms. The minimum absolute atomic E-state index is 0.460. The van der Waals surface area contributed by atoms with Crippen LogP contribution in [0.5, 0.6) is 5.75 Å². The van der Waals surface area contributed by atoms with Gasteiger partial charge in [0, 0.05) is 19.8 Å². The van der Waals surface area contributed by atoms with E-state index in [9.17, 15) is 0 Å². The van der Waals surface area contributed by atoms with Crippen LogP contribution in [0.4, 0.5) is 0 Å². The van der Waals surface area contributed by atoms with Crippen molar-refractivity contribution in [3.05, 3.63) is 47.5 Å². The number of benzene rings is 1. The molecule has 0 aliphatic rings. The third-order valence-electron chi connectivity index (χ3n) is 3.09. The van der Waals surface area contributed by atoms with Crippen LogP contribution in [0, 0.1) is 0 Å². The van der Waals surface area contributed by atoms with Crippen LogP contribution in [0.25, 0.3) is 0 Å². The maximum Gasteiger partial charge on any atom is 0.146 e. The van der Waals surface area contributed by atoms with Gasteiger partial charge in [0.1, 0.15) is 18.2 Å². The van der Waals surface area contributed by atoms with E-state index in [0.717, 1.165) is 23.7 Å². The first-order valence-corrected chi connectivity index (χ1v) is 6.16. The van der Waals surface area contributed by atoms with Crippen molar-refractivity contribution in [3.63, 3.8) is 0 Å². The summed E-state index contributed by atoms with van der Waals surface area (Å²) in [5, 5.41) is 0. The Morgan fingerprint density at radius 1 is 1.28 bits per heavy atom. The number of hydrogen-bond acceptors (Lipinski definition) is 3. The second kappa shape index (κ2) is 5.69. The van der Waals surface area contributed by atoms with Crippen molar-refractivity contribution in [3.8, 4) is 5.75 Å². The Labute approximate surface area is 107 Å². The molecule has 0 bridgehead atoms. The molecule has 0 amide bonds. The van der Waals surface area contributed by atoms with Crippen molar-refractivity contribution >= 4 is 0 Å². The van der Waals surface area contributed by atoms with E-state index >= 15 is 0 Å². The molecule has 1 heterocycles. The lowest BCUT2D eigenvalue weighted by Crippen LogP contribution is -2.08. The quantitative estimate of drug-likeness (QED) is 0.876. The topological polar surface area (TPSA) is 53.1 Å². The molecule has 0 saturated carbocycles. The van der Waals surface area contributed by atoms with E-state index in [1.54, 1.807) is 6.20 Å². The normalized spacial score (nSPS) is 10.6. The second-order valence-corrected chi connectivity index (χ2v) is 4.22. The van der Waals surface area contributed by atoms with Crippen molar-refractivity contribution in [2.24, 2.45) is 12.8 Å². The fourth-order valence-electron chi connectivity index (χ4n) is 1.78. The Morgan fingerprint density at radius 3 is 2.56 bits per heavy atom. The highest BCUT2D eigenvalue weighted by atomic mass is 16.5. The van der Waals surface area contributed by atoms with E-state index in [4.69, 9.17) is 10.5 Å². The summed E-state index contributed by atoms with van der Waals surface area (Å²) in [7, 11) is 1.95. The van der Waals surface area contributed by atoms with Gasteiger partial charge in [0.05, 0.1) is 5.69 Å². The summed E-state index contributed by atoms with van der Waals surface area (Å²) in [4.78, 5) is 4.29. The molecule has 0 fully saturated rings. The van der Waals surface area contributed by atoms with Crippen molar-refractivity contribution in [1.29, 1.82) is 0 Å². The zero-order chi connectivity index (χ0) is 13.0. The summed E-state index contributed by atoms with van der Waals surface area (Å²) < 4.78 is 7.68. The minimum Gasteiger partial charge on any atom is -0.486 e. The van der Waals surface area contributed by atoms with E-state index < -0.39 is 0 Å². The third kappa shape index (κ3) is 2.71. The zero-order valence-electron chi connectivity index (χ0n) is 10.9. The number of aromatic nitrogens is 2. The molecule has 2 aromatic rings. The minimum atomic E-state index is 0.460. The maximum absolute atomic E-state index is 5.71. The molecule has 0 aliphatic heterocycles. The van der Waals surface area contributed by atoms with E-state index in [1.807, 2.05) is 23.7 Å². The molecule has 0 aliphatic carbocycles. The van der Waals surface area contributed by atoms with Crippen LogP contribution in [0.3, 0.4) is 0 Å². The second-order valence-electron chi connectivity index (χ2n) is 4.22. The smallest absolute Gasteiger partial charge is 0.146 e. The molecule has 0 radical (unpaired) electrons. The molecular weight excluding hydrogens is 226 g/mol. The molecule has 4 heteroatoms. The van der Waals surface area contributed by atoms with Gasteiger partial charge >= 0.3 is 0 Å². The number of aryl methyl sites for hydroxylation is 1. The average Bonchev–Trinajstić information content (AvgIpc) is 2.77. The summed E-state index contributed by atoms with van der Waals surface area (Å²) in [5.74, 6) is 1.75. The van der Waals surface area contributed by atoms with Gasteiger partial charge in [-0.1, -0.05) is 19.1 Å². The standard InChI is InChI=1S/C14H19N3O/c1-3-11-4-6-13(7-5-11)18-10-14-16-9-12(8-15)17(14)2/h4-7,9H,3,8,10,15H2,1-2H3. The summed E-state index contributed by atoms with van der Waals surface area (Å²) >= 11 is 0.